The fourth-order valence-corrected chi connectivity index (χ4v) is 2.27. The standard InChI is InChI=1S/C19H21NO4/c1-12-6-5-7-17(14(12)3)20-18(21)11-24-19(22)16-9-8-15(23-4)10-13(16)2/h5-10H,11H2,1-4H3,(H,20,21). The predicted octanol–water partition coefficient (Wildman–Crippen LogP) is 3.42. The molecule has 0 aliphatic heterocycles. The van der Waals surface area contributed by atoms with E-state index in [0.29, 0.717) is 11.3 Å². The van der Waals surface area contributed by atoms with Crippen molar-refractivity contribution in [2.45, 2.75) is 20.8 Å². The van der Waals surface area contributed by atoms with Crippen LogP contribution in [0.2, 0.25) is 0 Å². The lowest BCUT2D eigenvalue weighted by molar-refractivity contribution is -0.119. The van der Waals surface area contributed by atoms with Crippen LogP contribution in [-0.2, 0) is 9.53 Å². The highest BCUT2D eigenvalue weighted by Gasteiger charge is 2.14. The zero-order chi connectivity index (χ0) is 17.7. The molecule has 5 nitrogen and oxygen atoms in total. The summed E-state index contributed by atoms with van der Waals surface area (Å²) in [4.78, 5) is 24.1. The second-order valence-electron chi connectivity index (χ2n) is 5.55. The van der Waals surface area contributed by atoms with Crippen molar-refractivity contribution >= 4 is 17.6 Å². The van der Waals surface area contributed by atoms with Crippen molar-refractivity contribution < 1.29 is 19.1 Å². The van der Waals surface area contributed by atoms with Gasteiger partial charge in [0.15, 0.2) is 6.61 Å². The van der Waals surface area contributed by atoms with Gasteiger partial charge in [0.2, 0.25) is 0 Å². The molecule has 0 aromatic heterocycles. The number of benzene rings is 2. The number of rotatable bonds is 5. The van der Waals surface area contributed by atoms with Crippen LogP contribution in [0.3, 0.4) is 0 Å². The summed E-state index contributed by atoms with van der Waals surface area (Å²) in [6, 6.07) is 10.7. The molecule has 0 bridgehead atoms. The van der Waals surface area contributed by atoms with Crippen LogP contribution in [0.1, 0.15) is 27.0 Å². The highest BCUT2D eigenvalue weighted by Crippen LogP contribution is 2.19. The number of nitrogens with one attached hydrogen (secondary N) is 1. The van der Waals surface area contributed by atoms with Gasteiger partial charge in [0.05, 0.1) is 12.7 Å². The Morgan fingerprint density at radius 2 is 1.79 bits per heavy atom. The Balaban J connectivity index is 1.96. The lowest BCUT2D eigenvalue weighted by Crippen LogP contribution is -2.21. The summed E-state index contributed by atoms with van der Waals surface area (Å²) in [5.41, 5.74) is 3.93. The van der Waals surface area contributed by atoms with Crippen molar-refractivity contribution in [3.05, 3.63) is 58.7 Å². The number of ether oxygens (including phenoxy) is 2. The lowest BCUT2D eigenvalue weighted by atomic mass is 10.1. The third-order valence-electron chi connectivity index (χ3n) is 3.87. The molecule has 0 atom stereocenters. The average molecular weight is 327 g/mol. The molecule has 1 amide bonds. The van der Waals surface area contributed by atoms with Crippen LogP contribution in [0, 0.1) is 20.8 Å². The number of esters is 1. The van der Waals surface area contributed by atoms with E-state index in [9.17, 15) is 9.59 Å². The van der Waals surface area contributed by atoms with Crippen molar-refractivity contribution in [1.29, 1.82) is 0 Å². The highest BCUT2D eigenvalue weighted by molar-refractivity contribution is 5.96. The van der Waals surface area contributed by atoms with E-state index in [1.54, 1.807) is 32.2 Å². The van der Waals surface area contributed by atoms with Gasteiger partial charge in [-0.15, -0.1) is 0 Å². The van der Waals surface area contributed by atoms with Crippen molar-refractivity contribution in [2.75, 3.05) is 19.0 Å². The molecule has 0 radical (unpaired) electrons. The number of amides is 1. The Hall–Kier alpha value is -2.82. The molecule has 2 rings (SSSR count). The van der Waals surface area contributed by atoms with Crippen LogP contribution in [0.25, 0.3) is 0 Å². The van der Waals surface area contributed by atoms with E-state index < -0.39 is 5.97 Å². The Labute approximate surface area is 141 Å². The largest absolute Gasteiger partial charge is 0.497 e. The summed E-state index contributed by atoms with van der Waals surface area (Å²) in [5.74, 6) is -0.244. The molecular weight excluding hydrogens is 306 g/mol. The number of carbonyl (C=O) groups excluding carboxylic acids is 2. The number of aryl methyl sites for hydroxylation is 2. The first kappa shape index (κ1) is 17.5. The van der Waals surface area contributed by atoms with Gasteiger partial charge in [-0.25, -0.2) is 4.79 Å². The van der Waals surface area contributed by atoms with Crippen LogP contribution in [-0.4, -0.2) is 25.6 Å². The fourth-order valence-electron chi connectivity index (χ4n) is 2.27. The highest BCUT2D eigenvalue weighted by atomic mass is 16.5. The normalized spacial score (nSPS) is 10.2. The van der Waals surface area contributed by atoms with Crippen LogP contribution in [0.4, 0.5) is 5.69 Å². The van der Waals surface area contributed by atoms with Gasteiger partial charge in [-0.2, -0.15) is 0 Å². The zero-order valence-corrected chi connectivity index (χ0v) is 14.3. The van der Waals surface area contributed by atoms with E-state index in [1.807, 2.05) is 32.0 Å². The molecule has 0 aliphatic rings. The minimum absolute atomic E-state index is 0.336. The minimum Gasteiger partial charge on any atom is -0.497 e. The molecule has 0 spiro atoms. The Kier molecular flexibility index (Phi) is 5.58. The number of carbonyl (C=O) groups is 2. The van der Waals surface area contributed by atoms with Crippen LogP contribution >= 0.6 is 0 Å². The quantitative estimate of drug-likeness (QED) is 0.855. The summed E-state index contributed by atoms with van der Waals surface area (Å²) in [6.07, 6.45) is 0. The molecule has 0 heterocycles. The van der Waals surface area contributed by atoms with Crippen LogP contribution < -0.4 is 10.1 Å². The van der Waals surface area contributed by atoms with Crippen LogP contribution in [0.5, 0.6) is 5.75 Å². The molecule has 2 aromatic carbocycles. The first-order valence-corrected chi connectivity index (χ1v) is 7.60. The molecule has 1 N–H and O–H groups in total. The first-order chi connectivity index (χ1) is 11.4. The van der Waals surface area contributed by atoms with Gasteiger partial charge in [0.1, 0.15) is 5.75 Å². The second-order valence-corrected chi connectivity index (χ2v) is 5.55. The fraction of sp³-hybridized carbons (Fsp3) is 0.263. The van der Waals surface area contributed by atoms with Gasteiger partial charge in [-0.1, -0.05) is 12.1 Å². The predicted molar refractivity (Wildman–Crippen MR) is 92.6 cm³/mol. The van der Waals surface area contributed by atoms with Gasteiger partial charge >= 0.3 is 5.97 Å². The monoisotopic (exact) mass is 327 g/mol. The summed E-state index contributed by atoms with van der Waals surface area (Å²) >= 11 is 0. The molecule has 0 aliphatic carbocycles. The summed E-state index contributed by atoms with van der Waals surface area (Å²) in [5, 5.41) is 2.75. The molecule has 2 aromatic rings. The molecular formula is C19H21NO4. The van der Waals surface area contributed by atoms with Gasteiger partial charge in [0, 0.05) is 5.69 Å². The zero-order valence-electron chi connectivity index (χ0n) is 14.3. The number of hydrogen-bond acceptors (Lipinski definition) is 4. The first-order valence-electron chi connectivity index (χ1n) is 7.60. The van der Waals surface area contributed by atoms with E-state index in [1.165, 1.54) is 0 Å². The number of hydrogen-bond donors (Lipinski definition) is 1. The van der Waals surface area contributed by atoms with Gasteiger partial charge in [-0.05, 0) is 61.7 Å². The average Bonchev–Trinajstić information content (AvgIpc) is 2.56. The van der Waals surface area contributed by atoms with Gasteiger partial charge < -0.3 is 14.8 Å². The minimum atomic E-state index is -0.536. The molecule has 0 fully saturated rings. The smallest absolute Gasteiger partial charge is 0.338 e. The van der Waals surface area contributed by atoms with E-state index in [0.717, 1.165) is 22.4 Å². The van der Waals surface area contributed by atoms with E-state index in [-0.39, 0.29) is 12.5 Å². The van der Waals surface area contributed by atoms with Gasteiger partial charge in [0.25, 0.3) is 5.91 Å². The Morgan fingerprint density at radius 1 is 1.04 bits per heavy atom. The molecule has 126 valence electrons. The SMILES string of the molecule is COc1ccc(C(=O)OCC(=O)Nc2cccc(C)c2C)c(C)c1. The molecule has 0 saturated carbocycles. The van der Waals surface area contributed by atoms with E-state index >= 15 is 0 Å². The van der Waals surface area contributed by atoms with Crippen molar-refractivity contribution in [2.24, 2.45) is 0 Å². The second kappa shape index (κ2) is 7.64. The third kappa shape index (κ3) is 4.13. The van der Waals surface area contributed by atoms with Crippen molar-refractivity contribution in [3.63, 3.8) is 0 Å². The summed E-state index contributed by atoms with van der Waals surface area (Å²) < 4.78 is 10.2. The lowest BCUT2D eigenvalue weighted by Gasteiger charge is -2.11. The van der Waals surface area contributed by atoms with Crippen LogP contribution in [0.15, 0.2) is 36.4 Å². The maximum atomic E-state index is 12.1. The molecule has 5 heteroatoms. The molecule has 24 heavy (non-hydrogen) atoms. The van der Waals surface area contributed by atoms with Gasteiger partial charge in [-0.3, -0.25) is 4.79 Å². The Morgan fingerprint density at radius 3 is 2.46 bits per heavy atom. The van der Waals surface area contributed by atoms with Crippen molar-refractivity contribution in [1.82, 2.24) is 0 Å². The van der Waals surface area contributed by atoms with Crippen molar-refractivity contribution in [3.8, 4) is 5.75 Å². The van der Waals surface area contributed by atoms with E-state index in [4.69, 9.17) is 9.47 Å². The third-order valence-corrected chi connectivity index (χ3v) is 3.87. The number of methoxy groups -OCH3 is 1. The molecule has 0 unspecified atom stereocenters. The topological polar surface area (TPSA) is 64.6 Å². The summed E-state index contributed by atoms with van der Waals surface area (Å²) in [7, 11) is 1.56. The maximum Gasteiger partial charge on any atom is 0.338 e. The molecule has 0 saturated heterocycles. The Bertz CT molecular complexity index is 768. The maximum absolute atomic E-state index is 12.1. The van der Waals surface area contributed by atoms with E-state index in [2.05, 4.69) is 5.32 Å². The summed E-state index contributed by atoms with van der Waals surface area (Å²) in [6.45, 7) is 5.35. The number of anilines is 1.